The first-order valence-corrected chi connectivity index (χ1v) is 8.70. The summed E-state index contributed by atoms with van der Waals surface area (Å²) in [5, 5.41) is 4.07. The van der Waals surface area contributed by atoms with Crippen molar-refractivity contribution in [1.82, 2.24) is 10.0 Å². The van der Waals surface area contributed by atoms with Gasteiger partial charge in [-0.15, -0.1) is 0 Å². The van der Waals surface area contributed by atoms with Crippen molar-refractivity contribution in [2.45, 2.75) is 38.1 Å². The maximum Gasteiger partial charge on any atom is 0.258 e. The molecule has 1 fully saturated rings. The van der Waals surface area contributed by atoms with Gasteiger partial charge < -0.3 is 0 Å². The van der Waals surface area contributed by atoms with Crippen LogP contribution >= 0.6 is 0 Å². The standard InChI is InChI=1S/C19H23N3O2/c1-20(2)22-16-11-7-6-8-13(16)12-15-17(22)19(24)21(18(15)23)14-9-4-3-5-10-14/h3-5,9-10,15,17H,6-8,11-12H2,1-2H3/t15-,17-/m1/s1. The summed E-state index contributed by atoms with van der Waals surface area (Å²) in [5.41, 5.74) is 3.31. The summed E-state index contributed by atoms with van der Waals surface area (Å²) in [6, 6.07) is 8.90. The summed E-state index contributed by atoms with van der Waals surface area (Å²) in [4.78, 5) is 27.6. The Morgan fingerprint density at radius 3 is 2.42 bits per heavy atom. The topological polar surface area (TPSA) is 43.9 Å². The molecule has 0 spiro atoms. The van der Waals surface area contributed by atoms with Crippen LogP contribution in [0.25, 0.3) is 0 Å². The van der Waals surface area contributed by atoms with Crippen LogP contribution in [-0.4, -0.2) is 42.0 Å². The van der Waals surface area contributed by atoms with Gasteiger partial charge in [-0.05, 0) is 49.8 Å². The molecule has 0 aromatic heterocycles. The third-order valence-electron chi connectivity index (χ3n) is 5.39. The maximum absolute atomic E-state index is 13.2. The smallest absolute Gasteiger partial charge is 0.258 e. The van der Waals surface area contributed by atoms with E-state index in [4.69, 9.17) is 0 Å². The van der Waals surface area contributed by atoms with Gasteiger partial charge in [0, 0.05) is 19.8 Å². The summed E-state index contributed by atoms with van der Waals surface area (Å²) in [5.74, 6) is -0.417. The minimum Gasteiger partial charge on any atom is -0.297 e. The van der Waals surface area contributed by atoms with Crippen LogP contribution in [0.4, 0.5) is 5.69 Å². The first-order chi connectivity index (χ1) is 11.6. The highest BCUT2D eigenvalue weighted by Gasteiger charge is 2.54. The molecule has 0 N–H and O–H groups in total. The third-order valence-corrected chi connectivity index (χ3v) is 5.39. The SMILES string of the molecule is CN(C)N1C2=C(CCCC2)C[C@H]2C(=O)N(c3ccccc3)C(=O)[C@@H]21. The van der Waals surface area contributed by atoms with Crippen molar-refractivity contribution >= 4 is 17.5 Å². The highest BCUT2D eigenvalue weighted by atomic mass is 16.2. The fourth-order valence-corrected chi connectivity index (χ4v) is 4.39. The number of hydrazine groups is 1. The molecule has 126 valence electrons. The predicted molar refractivity (Wildman–Crippen MR) is 91.9 cm³/mol. The van der Waals surface area contributed by atoms with E-state index in [0.29, 0.717) is 5.69 Å². The number of allylic oxidation sites excluding steroid dienone is 2. The summed E-state index contributed by atoms with van der Waals surface area (Å²) in [7, 11) is 3.93. The number of para-hydroxylation sites is 1. The molecule has 1 aromatic rings. The number of fused-ring (bicyclic) bond motifs is 1. The molecule has 0 saturated carbocycles. The number of hydrogen-bond acceptors (Lipinski definition) is 4. The first-order valence-electron chi connectivity index (χ1n) is 8.70. The molecular formula is C19H23N3O2. The van der Waals surface area contributed by atoms with Crippen molar-refractivity contribution in [1.29, 1.82) is 0 Å². The highest BCUT2D eigenvalue weighted by Crippen LogP contribution is 2.44. The van der Waals surface area contributed by atoms with Gasteiger partial charge >= 0.3 is 0 Å². The van der Waals surface area contributed by atoms with Crippen LogP contribution in [0.15, 0.2) is 41.6 Å². The number of amides is 2. The Labute approximate surface area is 142 Å². The number of rotatable bonds is 2. The second-order valence-electron chi connectivity index (χ2n) is 7.05. The van der Waals surface area contributed by atoms with E-state index in [-0.39, 0.29) is 17.7 Å². The molecule has 1 aliphatic carbocycles. The molecular weight excluding hydrogens is 302 g/mol. The summed E-state index contributed by atoms with van der Waals surface area (Å²) < 4.78 is 0. The molecule has 0 radical (unpaired) electrons. The largest absolute Gasteiger partial charge is 0.297 e. The summed E-state index contributed by atoms with van der Waals surface area (Å²) >= 11 is 0. The number of imide groups is 1. The Hall–Kier alpha value is -2.14. The van der Waals surface area contributed by atoms with E-state index in [2.05, 4.69) is 5.01 Å². The number of carbonyl (C=O) groups excluding carboxylic acids is 2. The van der Waals surface area contributed by atoms with E-state index in [9.17, 15) is 9.59 Å². The average Bonchev–Trinajstić information content (AvgIpc) is 2.84. The van der Waals surface area contributed by atoms with E-state index in [0.717, 1.165) is 25.7 Å². The zero-order valence-corrected chi connectivity index (χ0v) is 14.2. The normalized spacial score (nSPS) is 27.0. The Kier molecular flexibility index (Phi) is 3.68. The van der Waals surface area contributed by atoms with Crippen molar-refractivity contribution in [3.63, 3.8) is 0 Å². The van der Waals surface area contributed by atoms with Gasteiger partial charge in [-0.1, -0.05) is 18.2 Å². The lowest BCUT2D eigenvalue weighted by atomic mass is 9.82. The Bertz CT molecular complexity index is 711. The second-order valence-corrected chi connectivity index (χ2v) is 7.05. The van der Waals surface area contributed by atoms with Gasteiger partial charge in [0.15, 0.2) is 0 Å². The zero-order valence-electron chi connectivity index (χ0n) is 14.2. The van der Waals surface area contributed by atoms with Crippen LogP contribution in [0, 0.1) is 5.92 Å². The molecule has 0 bridgehead atoms. The van der Waals surface area contributed by atoms with Crippen molar-refractivity contribution in [2.24, 2.45) is 5.92 Å². The van der Waals surface area contributed by atoms with Gasteiger partial charge in [-0.2, -0.15) is 0 Å². The van der Waals surface area contributed by atoms with Gasteiger partial charge in [0.2, 0.25) is 5.91 Å². The fraction of sp³-hybridized carbons (Fsp3) is 0.474. The molecule has 2 aliphatic heterocycles. The maximum atomic E-state index is 13.2. The molecule has 0 unspecified atom stereocenters. The molecule has 1 aromatic carbocycles. The summed E-state index contributed by atoms with van der Waals surface area (Å²) in [6.07, 6.45) is 5.13. The molecule has 2 amide bonds. The third kappa shape index (κ3) is 2.18. The van der Waals surface area contributed by atoms with Crippen molar-refractivity contribution in [2.75, 3.05) is 19.0 Å². The van der Waals surface area contributed by atoms with Crippen molar-refractivity contribution in [3.8, 4) is 0 Å². The predicted octanol–water partition coefficient (Wildman–Crippen LogP) is 2.56. The van der Waals surface area contributed by atoms with E-state index < -0.39 is 6.04 Å². The molecule has 1 saturated heterocycles. The minimum atomic E-state index is -0.399. The minimum absolute atomic E-state index is 0.0554. The van der Waals surface area contributed by atoms with Crippen LogP contribution in [0.3, 0.4) is 0 Å². The van der Waals surface area contributed by atoms with Gasteiger partial charge in [-0.3, -0.25) is 14.6 Å². The molecule has 5 heteroatoms. The van der Waals surface area contributed by atoms with E-state index in [1.807, 2.05) is 49.4 Å². The lowest BCUT2D eigenvalue weighted by Gasteiger charge is -2.44. The van der Waals surface area contributed by atoms with Crippen molar-refractivity contribution < 1.29 is 9.59 Å². The van der Waals surface area contributed by atoms with Crippen LogP contribution in [-0.2, 0) is 9.59 Å². The molecule has 2 heterocycles. The number of carbonyl (C=O) groups is 2. The average molecular weight is 325 g/mol. The van der Waals surface area contributed by atoms with Gasteiger partial charge in [-0.25, -0.2) is 9.91 Å². The van der Waals surface area contributed by atoms with Crippen LogP contribution < -0.4 is 4.90 Å². The van der Waals surface area contributed by atoms with Gasteiger partial charge in [0.05, 0.1) is 11.6 Å². The number of nitrogens with zero attached hydrogens (tertiary/aromatic N) is 3. The lowest BCUT2D eigenvalue weighted by Crippen LogP contribution is -2.53. The second kappa shape index (κ2) is 5.74. The summed E-state index contributed by atoms with van der Waals surface area (Å²) in [6.45, 7) is 0. The Balaban J connectivity index is 1.76. The number of hydrogen-bond donors (Lipinski definition) is 0. The van der Waals surface area contributed by atoms with E-state index in [1.54, 1.807) is 0 Å². The monoisotopic (exact) mass is 325 g/mol. The highest BCUT2D eigenvalue weighted by molar-refractivity contribution is 6.23. The molecule has 3 aliphatic rings. The van der Waals surface area contributed by atoms with Crippen LogP contribution in [0.5, 0.6) is 0 Å². The van der Waals surface area contributed by atoms with Crippen LogP contribution in [0.2, 0.25) is 0 Å². The van der Waals surface area contributed by atoms with E-state index >= 15 is 0 Å². The molecule has 5 nitrogen and oxygen atoms in total. The van der Waals surface area contributed by atoms with Gasteiger partial charge in [0.1, 0.15) is 6.04 Å². The first kappa shape index (κ1) is 15.4. The Morgan fingerprint density at radius 2 is 1.71 bits per heavy atom. The quantitative estimate of drug-likeness (QED) is 0.784. The van der Waals surface area contributed by atoms with Crippen LogP contribution in [0.1, 0.15) is 32.1 Å². The van der Waals surface area contributed by atoms with Gasteiger partial charge in [0.25, 0.3) is 5.91 Å². The number of anilines is 1. The molecule has 24 heavy (non-hydrogen) atoms. The van der Waals surface area contributed by atoms with E-state index in [1.165, 1.54) is 22.6 Å². The van der Waals surface area contributed by atoms with Crippen molar-refractivity contribution in [3.05, 3.63) is 41.6 Å². The zero-order chi connectivity index (χ0) is 16.8. The lowest BCUT2D eigenvalue weighted by molar-refractivity contribution is -0.128. The number of benzene rings is 1. The fourth-order valence-electron chi connectivity index (χ4n) is 4.39. The molecule has 4 rings (SSSR count). The Morgan fingerprint density at radius 1 is 1.00 bits per heavy atom. The molecule has 2 atom stereocenters.